The van der Waals surface area contributed by atoms with Crippen molar-refractivity contribution in [1.29, 1.82) is 0 Å². The molecule has 0 spiro atoms. The summed E-state index contributed by atoms with van der Waals surface area (Å²) in [5.74, 6) is 0.0789. The molecule has 1 saturated heterocycles. The molecule has 0 aliphatic carbocycles. The van der Waals surface area contributed by atoms with Gasteiger partial charge in [0, 0.05) is 10.7 Å². The zero-order chi connectivity index (χ0) is 14.1. The highest BCUT2D eigenvalue weighted by Crippen LogP contribution is 2.21. The molecular weight excluding hydrogens is 356 g/mol. The largest absolute Gasteiger partial charge is 0.267 e. The van der Waals surface area contributed by atoms with Crippen molar-refractivity contribution in [2.45, 2.75) is 18.1 Å². The van der Waals surface area contributed by atoms with Gasteiger partial charge in [-0.05, 0) is 40.9 Å². The van der Waals surface area contributed by atoms with Gasteiger partial charge in [-0.2, -0.15) is 0 Å². The van der Waals surface area contributed by atoms with Gasteiger partial charge in [-0.25, -0.2) is 21.8 Å². The van der Waals surface area contributed by atoms with E-state index < -0.39 is 25.1 Å². The van der Waals surface area contributed by atoms with Crippen molar-refractivity contribution in [1.82, 2.24) is 4.98 Å². The van der Waals surface area contributed by atoms with Gasteiger partial charge >= 0.3 is 0 Å². The molecule has 2 rings (SSSR count). The molecule has 0 bridgehead atoms. The zero-order valence-electron chi connectivity index (χ0n) is 9.91. The van der Waals surface area contributed by atoms with Gasteiger partial charge in [0.05, 0.1) is 16.8 Å². The maximum Gasteiger partial charge on any atom is 0.236 e. The van der Waals surface area contributed by atoms with Crippen LogP contribution in [0.25, 0.3) is 0 Å². The highest BCUT2D eigenvalue weighted by molar-refractivity contribution is 9.10. The Morgan fingerprint density at radius 1 is 1.26 bits per heavy atom. The zero-order valence-corrected chi connectivity index (χ0v) is 13.1. The summed E-state index contributed by atoms with van der Waals surface area (Å²) in [5, 5.41) is -0.679. The van der Waals surface area contributed by atoms with Crippen LogP contribution in [-0.4, -0.2) is 38.6 Å². The summed E-state index contributed by atoms with van der Waals surface area (Å²) in [7, 11) is -6.66. The average molecular weight is 369 g/mol. The van der Waals surface area contributed by atoms with Gasteiger partial charge in [-0.1, -0.05) is 0 Å². The lowest BCUT2D eigenvalue weighted by atomic mass is 10.2. The Hall–Kier alpha value is -0.670. The fourth-order valence-corrected chi connectivity index (χ4v) is 5.30. The maximum atomic E-state index is 12.1. The van der Waals surface area contributed by atoms with Crippen LogP contribution >= 0.6 is 15.9 Å². The number of halogens is 1. The Balaban J connectivity index is 2.09. The van der Waals surface area contributed by atoms with Crippen molar-refractivity contribution in [2.75, 3.05) is 16.2 Å². The van der Waals surface area contributed by atoms with Gasteiger partial charge < -0.3 is 0 Å². The summed E-state index contributed by atoms with van der Waals surface area (Å²) in [6.07, 6.45) is 1.76. The Kier molecular flexibility index (Phi) is 4.17. The molecule has 0 radical (unpaired) electrons. The SMILES string of the molecule is O=S1(=O)CCC(S(=O)(=O)Nc2ccc(Br)cn2)CC1. The number of sulfonamides is 1. The second-order valence-electron chi connectivity index (χ2n) is 4.36. The molecule has 6 nitrogen and oxygen atoms in total. The van der Waals surface area contributed by atoms with Crippen LogP contribution < -0.4 is 4.72 Å². The third kappa shape index (κ3) is 3.90. The Labute approximate surface area is 120 Å². The molecule has 1 fully saturated rings. The number of nitrogens with one attached hydrogen (secondary N) is 1. The minimum Gasteiger partial charge on any atom is -0.267 e. The lowest BCUT2D eigenvalue weighted by Crippen LogP contribution is -2.36. The minimum atomic E-state index is -3.59. The minimum absolute atomic E-state index is 0.0770. The number of sulfone groups is 1. The predicted octanol–water partition coefficient (Wildman–Crippen LogP) is 1.16. The highest BCUT2D eigenvalue weighted by atomic mass is 79.9. The van der Waals surface area contributed by atoms with E-state index in [0.29, 0.717) is 0 Å². The summed E-state index contributed by atoms with van der Waals surface area (Å²) in [6.45, 7) is 0. The standard InChI is InChI=1S/C10H13BrN2O4S2/c11-8-1-2-10(12-7-8)13-19(16,17)9-3-5-18(14,15)6-4-9/h1-2,7,9H,3-6H2,(H,12,13). The number of hydrogen-bond acceptors (Lipinski definition) is 5. The van der Waals surface area contributed by atoms with Crippen molar-refractivity contribution >= 4 is 41.6 Å². The van der Waals surface area contributed by atoms with E-state index in [1.807, 2.05) is 0 Å². The summed E-state index contributed by atoms with van der Waals surface area (Å²) < 4.78 is 49.9. The van der Waals surface area contributed by atoms with Crippen molar-refractivity contribution < 1.29 is 16.8 Å². The van der Waals surface area contributed by atoms with E-state index in [9.17, 15) is 16.8 Å². The molecule has 9 heteroatoms. The maximum absolute atomic E-state index is 12.1. The normalized spacial score (nSPS) is 20.1. The second-order valence-corrected chi connectivity index (χ2v) is 9.54. The van der Waals surface area contributed by atoms with Gasteiger partial charge in [-0.15, -0.1) is 0 Å². The molecule has 19 heavy (non-hydrogen) atoms. The first-order chi connectivity index (χ1) is 8.78. The predicted molar refractivity (Wildman–Crippen MR) is 76.2 cm³/mol. The van der Waals surface area contributed by atoms with E-state index in [1.165, 1.54) is 6.20 Å². The number of nitrogens with zero attached hydrogens (tertiary/aromatic N) is 1. The lowest BCUT2D eigenvalue weighted by Gasteiger charge is -2.22. The van der Waals surface area contributed by atoms with Crippen molar-refractivity contribution in [2.24, 2.45) is 0 Å². The van der Waals surface area contributed by atoms with Crippen LogP contribution in [0.5, 0.6) is 0 Å². The van der Waals surface area contributed by atoms with Gasteiger partial charge in [0.25, 0.3) is 0 Å². The molecule has 1 aromatic rings. The van der Waals surface area contributed by atoms with Crippen LogP contribution in [0.2, 0.25) is 0 Å². The molecule has 0 atom stereocenters. The first-order valence-corrected chi connectivity index (χ1v) is 9.78. The smallest absolute Gasteiger partial charge is 0.236 e. The third-order valence-electron chi connectivity index (χ3n) is 2.91. The van der Waals surface area contributed by atoms with Crippen molar-refractivity contribution in [3.05, 3.63) is 22.8 Å². The third-order valence-corrected chi connectivity index (χ3v) is 6.94. The molecule has 0 amide bonds. The summed E-state index contributed by atoms with van der Waals surface area (Å²) in [4.78, 5) is 3.93. The molecule has 0 unspecified atom stereocenters. The van der Waals surface area contributed by atoms with Crippen LogP contribution in [-0.2, 0) is 19.9 Å². The van der Waals surface area contributed by atoms with Crippen LogP contribution in [0.3, 0.4) is 0 Å². The number of rotatable bonds is 3. The van der Waals surface area contributed by atoms with Crippen molar-refractivity contribution in [3.8, 4) is 0 Å². The van der Waals surface area contributed by atoms with Gasteiger partial charge in [0.2, 0.25) is 10.0 Å². The molecule has 1 aromatic heterocycles. The fraction of sp³-hybridized carbons (Fsp3) is 0.500. The van der Waals surface area contributed by atoms with Crippen LogP contribution in [0, 0.1) is 0 Å². The van der Waals surface area contributed by atoms with Crippen molar-refractivity contribution in [3.63, 3.8) is 0 Å². The lowest BCUT2D eigenvalue weighted by molar-refractivity contribution is 0.555. The number of aromatic nitrogens is 1. The van der Waals surface area contributed by atoms with E-state index in [0.717, 1.165) is 4.47 Å². The molecule has 1 aliphatic rings. The number of pyridine rings is 1. The molecular formula is C10H13BrN2O4S2. The van der Waals surface area contributed by atoms with Crippen LogP contribution in [0.4, 0.5) is 5.82 Å². The molecule has 2 heterocycles. The molecule has 0 saturated carbocycles. The first kappa shape index (κ1) is 14.7. The van der Waals surface area contributed by atoms with Crippen LogP contribution in [0.1, 0.15) is 12.8 Å². The summed E-state index contributed by atoms with van der Waals surface area (Å²) in [6, 6.07) is 3.22. The van der Waals surface area contributed by atoms with E-state index in [4.69, 9.17) is 0 Å². The van der Waals surface area contributed by atoms with E-state index >= 15 is 0 Å². The van der Waals surface area contributed by atoms with E-state index in [2.05, 4.69) is 25.6 Å². The fourth-order valence-electron chi connectivity index (χ4n) is 1.84. The average Bonchev–Trinajstić information content (AvgIpc) is 2.31. The number of anilines is 1. The van der Waals surface area contributed by atoms with E-state index in [1.54, 1.807) is 12.1 Å². The second kappa shape index (κ2) is 5.37. The van der Waals surface area contributed by atoms with Crippen LogP contribution in [0.15, 0.2) is 22.8 Å². The summed E-state index contributed by atoms with van der Waals surface area (Å²) in [5.41, 5.74) is 0. The Morgan fingerprint density at radius 2 is 1.89 bits per heavy atom. The quantitative estimate of drug-likeness (QED) is 0.863. The van der Waals surface area contributed by atoms with E-state index in [-0.39, 0.29) is 30.2 Å². The molecule has 0 aromatic carbocycles. The first-order valence-electron chi connectivity index (χ1n) is 5.62. The summed E-state index contributed by atoms with van der Waals surface area (Å²) >= 11 is 3.21. The molecule has 106 valence electrons. The topological polar surface area (TPSA) is 93.2 Å². The number of hydrogen-bond donors (Lipinski definition) is 1. The monoisotopic (exact) mass is 368 g/mol. The Bertz CT molecular complexity index is 641. The molecule has 1 aliphatic heterocycles. The molecule has 1 N–H and O–H groups in total. The highest BCUT2D eigenvalue weighted by Gasteiger charge is 2.32. The van der Waals surface area contributed by atoms with Gasteiger partial charge in [-0.3, -0.25) is 4.72 Å². The Morgan fingerprint density at radius 3 is 2.42 bits per heavy atom. The van der Waals surface area contributed by atoms with Gasteiger partial charge in [0.1, 0.15) is 15.7 Å². The van der Waals surface area contributed by atoms with Gasteiger partial charge in [0.15, 0.2) is 0 Å².